The minimum absolute atomic E-state index is 0.0688. The average Bonchev–Trinajstić information content (AvgIpc) is 3.12. The second-order valence-electron chi connectivity index (χ2n) is 8.32. The number of hydrogen-bond acceptors (Lipinski definition) is 5. The summed E-state index contributed by atoms with van der Waals surface area (Å²) in [6.45, 7) is 6.48. The largest absolute Gasteiger partial charge is 0.421 e. The van der Waals surface area contributed by atoms with Crippen molar-refractivity contribution in [2.45, 2.75) is 51.6 Å². The molecule has 3 atom stereocenters. The highest BCUT2D eigenvalue weighted by Crippen LogP contribution is 2.36. The van der Waals surface area contributed by atoms with Crippen LogP contribution in [-0.2, 0) is 5.92 Å². The summed E-state index contributed by atoms with van der Waals surface area (Å²) < 4.78 is 48.6. The third-order valence-electron chi connectivity index (χ3n) is 5.76. The molecule has 1 saturated carbocycles. The van der Waals surface area contributed by atoms with Gasteiger partial charge in [-0.25, -0.2) is 17.9 Å². The minimum Gasteiger partial charge on any atom is -0.421 e. The molecule has 1 aromatic heterocycles. The highest BCUT2D eigenvalue weighted by Gasteiger charge is 2.39. The zero-order valence-corrected chi connectivity index (χ0v) is 16.8. The van der Waals surface area contributed by atoms with E-state index in [-0.39, 0.29) is 29.4 Å². The second kappa shape index (κ2) is 7.51. The number of benzene rings is 1. The van der Waals surface area contributed by atoms with Gasteiger partial charge in [-0.1, -0.05) is 0 Å². The van der Waals surface area contributed by atoms with Gasteiger partial charge < -0.3 is 15.4 Å². The lowest BCUT2D eigenvalue weighted by molar-refractivity contribution is 0.0172. The van der Waals surface area contributed by atoms with Crippen LogP contribution < -0.4 is 15.4 Å². The molecule has 9 heteroatoms. The summed E-state index contributed by atoms with van der Waals surface area (Å²) in [5, 5.41) is 11.3. The Kier molecular flexibility index (Phi) is 5.18. The Morgan fingerprint density at radius 3 is 2.55 bits per heavy atom. The van der Waals surface area contributed by atoms with E-state index in [0.717, 1.165) is 51.1 Å². The Hall–Kier alpha value is -2.29. The van der Waals surface area contributed by atoms with Crippen LogP contribution in [0.4, 0.5) is 19.1 Å². The number of nitrogens with one attached hydrogen (secondary N) is 2. The Morgan fingerprint density at radius 2 is 1.93 bits per heavy atom. The number of aromatic nitrogens is 3. The number of rotatable bonds is 6. The number of alkyl halides is 2. The fourth-order valence-electron chi connectivity index (χ4n) is 4.20. The van der Waals surface area contributed by atoms with E-state index < -0.39 is 11.7 Å². The summed E-state index contributed by atoms with van der Waals surface area (Å²) >= 11 is 0. The molecule has 29 heavy (non-hydrogen) atoms. The van der Waals surface area contributed by atoms with Gasteiger partial charge in [0.05, 0.1) is 6.04 Å². The standard InChI is InChI=1S/C20H26F3N5O/c1-11(2)28-19(29-16-8-14(20(3,22)23)6-7-15(16)21)26-18(27-28)25-17-12-4-5-13(17)10-24-9-12/h6-8,11-13,17,24H,4-5,9-10H2,1-3H3,(H,25,27)/t12-,13+,17?. The molecule has 1 aromatic carbocycles. The van der Waals surface area contributed by atoms with Gasteiger partial charge in [0.2, 0.25) is 5.95 Å². The maximum absolute atomic E-state index is 14.2. The average molecular weight is 409 g/mol. The number of ether oxygens (including phenoxy) is 1. The highest BCUT2D eigenvalue weighted by molar-refractivity contribution is 5.36. The zero-order valence-electron chi connectivity index (χ0n) is 16.8. The summed E-state index contributed by atoms with van der Waals surface area (Å²) in [6.07, 6.45) is 2.32. The molecule has 6 nitrogen and oxygen atoms in total. The van der Waals surface area contributed by atoms with Crippen molar-refractivity contribution in [3.8, 4) is 11.8 Å². The van der Waals surface area contributed by atoms with Crippen LogP contribution in [0.5, 0.6) is 11.8 Å². The molecule has 0 spiro atoms. The van der Waals surface area contributed by atoms with Crippen molar-refractivity contribution in [2.24, 2.45) is 11.8 Å². The van der Waals surface area contributed by atoms with Crippen LogP contribution in [0, 0.1) is 17.7 Å². The van der Waals surface area contributed by atoms with Gasteiger partial charge in [0, 0.05) is 18.5 Å². The molecule has 0 radical (unpaired) electrons. The van der Waals surface area contributed by atoms with Gasteiger partial charge in [-0.2, -0.15) is 4.98 Å². The lowest BCUT2D eigenvalue weighted by Gasteiger charge is -2.30. The number of anilines is 1. The highest BCUT2D eigenvalue weighted by atomic mass is 19.3. The smallest absolute Gasteiger partial charge is 0.322 e. The summed E-state index contributed by atoms with van der Waals surface area (Å²) in [7, 11) is 0. The third kappa shape index (κ3) is 4.05. The Balaban J connectivity index is 1.59. The maximum atomic E-state index is 14.2. The van der Waals surface area contributed by atoms with E-state index in [0.29, 0.717) is 17.8 Å². The molecule has 1 aliphatic carbocycles. The summed E-state index contributed by atoms with van der Waals surface area (Å²) in [5.41, 5.74) is -0.325. The molecule has 4 rings (SSSR count). The van der Waals surface area contributed by atoms with E-state index in [4.69, 9.17) is 4.74 Å². The molecule has 2 aliphatic rings. The Bertz CT molecular complexity index is 863. The number of fused-ring (bicyclic) bond motifs is 2. The van der Waals surface area contributed by atoms with E-state index in [1.165, 1.54) is 4.68 Å². The molecule has 158 valence electrons. The topological polar surface area (TPSA) is 64.0 Å². The normalized spacial score (nSPS) is 24.2. The number of halogens is 3. The summed E-state index contributed by atoms with van der Waals surface area (Å²) in [6, 6.07) is 3.29. The van der Waals surface area contributed by atoms with E-state index >= 15 is 0 Å². The first-order chi connectivity index (χ1) is 13.7. The fraction of sp³-hybridized carbons (Fsp3) is 0.600. The third-order valence-corrected chi connectivity index (χ3v) is 5.76. The van der Waals surface area contributed by atoms with Gasteiger partial charge in [-0.05, 0) is 69.8 Å². The quantitative estimate of drug-likeness (QED) is 0.744. The van der Waals surface area contributed by atoms with Crippen molar-refractivity contribution in [3.63, 3.8) is 0 Å². The number of nitrogens with zero attached hydrogens (tertiary/aromatic N) is 3. The maximum Gasteiger partial charge on any atom is 0.322 e. The molecule has 2 heterocycles. The van der Waals surface area contributed by atoms with Crippen molar-refractivity contribution in [1.82, 2.24) is 20.1 Å². The van der Waals surface area contributed by atoms with Gasteiger partial charge >= 0.3 is 6.01 Å². The van der Waals surface area contributed by atoms with E-state index in [1.54, 1.807) is 0 Å². The lowest BCUT2D eigenvalue weighted by atomic mass is 9.94. The fourth-order valence-corrected chi connectivity index (χ4v) is 4.20. The molecule has 2 fully saturated rings. The van der Waals surface area contributed by atoms with Crippen molar-refractivity contribution in [3.05, 3.63) is 29.6 Å². The van der Waals surface area contributed by atoms with Crippen LogP contribution in [-0.4, -0.2) is 33.9 Å². The van der Waals surface area contributed by atoms with Crippen molar-refractivity contribution < 1.29 is 17.9 Å². The summed E-state index contributed by atoms with van der Waals surface area (Å²) in [4.78, 5) is 4.39. The molecule has 0 amide bonds. The van der Waals surface area contributed by atoms with Gasteiger partial charge in [0.15, 0.2) is 11.6 Å². The first kappa shape index (κ1) is 20.0. The molecule has 2 N–H and O–H groups in total. The van der Waals surface area contributed by atoms with Crippen molar-refractivity contribution in [1.29, 1.82) is 0 Å². The van der Waals surface area contributed by atoms with Gasteiger partial charge in [0.25, 0.3) is 5.92 Å². The van der Waals surface area contributed by atoms with Crippen LogP contribution >= 0.6 is 0 Å². The van der Waals surface area contributed by atoms with Gasteiger partial charge in [-0.15, -0.1) is 5.10 Å². The lowest BCUT2D eigenvalue weighted by Crippen LogP contribution is -2.45. The number of hydrogen-bond donors (Lipinski definition) is 2. The van der Waals surface area contributed by atoms with Crippen LogP contribution in [0.2, 0.25) is 0 Å². The zero-order chi connectivity index (χ0) is 20.8. The monoisotopic (exact) mass is 409 g/mol. The molecule has 1 aliphatic heterocycles. The van der Waals surface area contributed by atoms with Crippen molar-refractivity contribution in [2.75, 3.05) is 18.4 Å². The van der Waals surface area contributed by atoms with Crippen LogP contribution in [0.15, 0.2) is 18.2 Å². The van der Waals surface area contributed by atoms with Crippen LogP contribution in [0.1, 0.15) is 45.2 Å². The minimum atomic E-state index is -3.10. The summed E-state index contributed by atoms with van der Waals surface area (Å²) in [5.74, 6) is -2.68. The van der Waals surface area contributed by atoms with E-state index in [2.05, 4.69) is 20.7 Å². The molecule has 2 bridgehead atoms. The van der Waals surface area contributed by atoms with Gasteiger partial charge in [0.1, 0.15) is 0 Å². The predicted molar refractivity (Wildman–Crippen MR) is 103 cm³/mol. The molecule has 1 saturated heterocycles. The van der Waals surface area contributed by atoms with Gasteiger partial charge in [-0.3, -0.25) is 0 Å². The van der Waals surface area contributed by atoms with Crippen LogP contribution in [0.25, 0.3) is 0 Å². The molecule has 2 aromatic rings. The second-order valence-corrected chi connectivity index (χ2v) is 8.32. The molecular formula is C20H26F3N5O. The first-order valence-corrected chi connectivity index (χ1v) is 10.0. The number of piperidine rings is 1. The predicted octanol–water partition coefficient (Wildman–Crippen LogP) is 4.31. The Morgan fingerprint density at radius 1 is 1.24 bits per heavy atom. The first-order valence-electron chi connectivity index (χ1n) is 10.0. The van der Waals surface area contributed by atoms with Crippen LogP contribution in [0.3, 0.4) is 0 Å². The Labute approximate surface area is 167 Å². The van der Waals surface area contributed by atoms with E-state index in [9.17, 15) is 13.2 Å². The SMILES string of the molecule is CC(C)n1nc(NC2[C@@H]3CC[C@H]2CNC3)nc1Oc1cc(C(C)(F)F)ccc1F. The van der Waals surface area contributed by atoms with E-state index in [1.807, 2.05) is 13.8 Å². The van der Waals surface area contributed by atoms with Crippen molar-refractivity contribution >= 4 is 5.95 Å². The molecule has 1 unspecified atom stereocenters. The molecular weight excluding hydrogens is 383 g/mol.